The number of nitrogens with zero attached hydrogens (tertiary/aromatic N) is 1. The van der Waals surface area contributed by atoms with Gasteiger partial charge < -0.3 is 5.32 Å². The van der Waals surface area contributed by atoms with Crippen molar-refractivity contribution in [3.05, 3.63) is 24.4 Å². The maximum atomic E-state index is 10.5. The fourth-order valence-corrected chi connectivity index (χ4v) is 0.519. The van der Waals surface area contributed by atoms with E-state index in [0.717, 1.165) is 0 Å². The Bertz CT molecular complexity index is 204. The van der Waals surface area contributed by atoms with E-state index in [1.54, 1.807) is 25.4 Å². The molecule has 0 aliphatic rings. The molecule has 0 atom stereocenters. The van der Waals surface area contributed by atoms with Crippen LogP contribution in [0.4, 0.5) is 0 Å². The summed E-state index contributed by atoms with van der Waals surface area (Å²) in [6.45, 7) is 4.97. The maximum absolute atomic E-state index is 10.5. The molecule has 0 fully saturated rings. The summed E-state index contributed by atoms with van der Waals surface area (Å²) in [7, 11) is 1.66. The van der Waals surface area contributed by atoms with E-state index in [9.17, 15) is 4.79 Å². The van der Waals surface area contributed by atoms with E-state index in [2.05, 4.69) is 16.9 Å². The van der Waals surface area contributed by atoms with E-state index in [0.29, 0.717) is 5.70 Å². The van der Waals surface area contributed by atoms with Crippen LogP contribution >= 0.6 is 0 Å². The van der Waals surface area contributed by atoms with E-state index in [1.165, 1.54) is 6.92 Å². The molecule has 0 aliphatic heterocycles. The van der Waals surface area contributed by atoms with Gasteiger partial charge in [-0.3, -0.25) is 9.79 Å². The fourth-order valence-electron chi connectivity index (χ4n) is 0.519. The largest absolute Gasteiger partial charge is 0.326 e. The molecule has 0 aromatic carbocycles. The van der Waals surface area contributed by atoms with Crippen molar-refractivity contribution in [2.75, 3.05) is 7.05 Å². The van der Waals surface area contributed by atoms with Crippen LogP contribution in [0, 0.1) is 0 Å². The van der Waals surface area contributed by atoms with Crippen LogP contribution in [0.25, 0.3) is 0 Å². The van der Waals surface area contributed by atoms with Gasteiger partial charge in [-0.15, -0.1) is 0 Å². The zero-order valence-corrected chi connectivity index (χ0v) is 6.79. The van der Waals surface area contributed by atoms with Crippen LogP contribution in [-0.2, 0) is 4.79 Å². The minimum Gasteiger partial charge on any atom is -0.326 e. The van der Waals surface area contributed by atoms with Crippen molar-refractivity contribution >= 4 is 12.1 Å². The summed E-state index contributed by atoms with van der Waals surface area (Å²) in [5.41, 5.74) is 0.656. The van der Waals surface area contributed by atoms with Gasteiger partial charge >= 0.3 is 0 Å². The van der Waals surface area contributed by atoms with E-state index in [4.69, 9.17) is 0 Å². The smallest absolute Gasteiger partial charge is 0.221 e. The van der Waals surface area contributed by atoms with E-state index < -0.39 is 0 Å². The highest BCUT2D eigenvalue weighted by molar-refractivity contribution is 5.79. The fraction of sp³-hybridized carbons (Fsp3) is 0.250. The Morgan fingerprint density at radius 1 is 1.64 bits per heavy atom. The molecular formula is C8H12N2O. The molecule has 3 heteroatoms. The molecule has 1 N–H and O–H groups in total. The third-order valence-electron chi connectivity index (χ3n) is 0.943. The molecule has 0 spiro atoms. The number of hydrogen-bond acceptors (Lipinski definition) is 2. The number of allylic oxidation sites excluding steroid dienone is 2. The Morgan fingerprint density at radius 2 is 2.27 bits per heavy atom. The summed E-state index contributed by atoms with van der Waals surface area (Å²) in [5, 5.41) is 2.58. The topological polar surface area (TPSA) is 41.5 Å². The Morgan fingerprint density at radius 3 is 2.64 bits per heavy atom. The van der Waals surface area contributed by atoms with Crippen LogP contribution < -0.4 is 5.32 Å². The third kappa shape index (κ3) is 5.08. The summed E-state index contributed by atoms with van der Waals surface area (Å²) in [4.78, 5) is 14.3. The van der Waals surface area contributed by atoms with Crippen molar-refractivity contribution < 1.29 is 4.79 Å². The zero-order chi connectivity index (χ0) is 8.69. The van der Waals surface area contributed by atoms with Crippen molar-refractivity contribution in [3.8, 4) is 0 Å². The maximum Gasteiger partial charge on any atom is 0.221 e. The summed E-state index contributed by atoms with van der Waals surface area (Å²) in [6, 6.07) is 0. The molecular weight excluding hydrogens is 140 g/mol. The number of amides is 1. The SMILES string of the molecule is C=CC(=CC=NC)NC(C)=O. The Hall–Kier alpha value is -1.38. The summed E-state index contributed by atoms with van der Waals surface area (Å²) in [5.74, 6) is -0.111. The molecule has 0 aromatic heterocycles. The first-order chi connectivity index (χ1) is 5.20. The van der Waals surface area contributed by atoms with Crippen molar-refractivity contribution in [3.63, 3.8) is 0 Å². The lowest BCUT2D eigenvalue weighted by molar-refractivity contribution is -0.118. The second-order valence-corrected chi connectivity index (χ2v) is 1.91. The average Bonchev–Trinajstić information content (AvgIpc) is 1.97. The van der Waals surface area contributed by atoms with Crippen LogP contribution in [0.15, 0.2) is 29.4 Å². The molecule has 0 unspecified atom stereocenters. The molecule has 0 radical (unpaired) electrons. The average molecular weight is 152 g/mol. The number of carbonyl (C=O) groups is 1. The van der Waals surface area contributed by atoms with Gasteiger partial charge in [-0.2, -0.15) is 0 Å². The van der Waals surface area contributed by atoms with Crippen LogP contribution in [0.1, 0.15) is 6.92 Å². The molecule has 0 heterocycles. The number of nitrogens with one attached hydrogen (secondary N) is 1. The monoisotopic (exact) mass is 152 g/mol. The van der Waals surface area contributed by atoms with Gasteiger partial charge in [-0.05, 0) is 12.2 Å². The van der Waals surface area contributed by atoms with Gasteiger partial charge in [-0.1, -0.05) is 6.58 Å². The molecule has 0 saturated carbocycles. The lowest BCUT2D eigenvalue weighted by atomic mass is 10.4. The molecule has 0 aliphatic carbocycles. The first kappa shape index (κ1) is 9.62. The first-order valence-corrected chi connectivity index (χ1v) is 3.23. The Kier molecular flexibility index (Phi) is 4.73. The predicted octanol–water partition coefficient (Wildman–Crippen LogP) is 0.893. The lowest BCUT2D eigenvalue weighted by Gasteiger charge is -1.98. The number of hydrogen-bond donors (Lipinski definition) is 1. The van der Waals surface area contributed by atoms with Crippen LogP contribution in [0.3, 0.4) is 0 Å². The van der Waals surface area contributed by atoms with Gasteiger partial charge in [0.1, 0.15) is 0 Å². The van der Waals surface area contributed by atoms with E-state index >= 15 is 0 Å². The summed E-state index contributed by atoms with van der Waals surface area (Å²) < 4.78 is 0. The third-order valence-corrected chi connectivity index (χ3v) is 0.943. The van der Waals surface area contributed by atoms with Crippen LogP contribution in [0.2, 0.25) is 0 Å². The molecule has 1 amide bonds. The number of carbonyl (C=O) groups excluding carboxylic acids is 1. The lowest BCUT2D eigenvalue weighted by Crippen LogP contribution is -2.17. The molecule has 3 nitrogen and oxygen atoms in total. The van der Waals surface area contributed by atoms with Gasteiger partial charge in [0.25, 0.3) is 0 Å². The minimum absolute atomic E-state index is 0.111. The van der Waals surface area contributed by atoms with E-state index in [-0.39, 0.29) is 5.91 Å². The van der Waals surface area contributed by atoms with Crippen molar-refractivity contribution in [1.82, 2.24) is 5.32 Å². The summed E-state index contributed by atoms with van der Waals surface area (Å²) >= 11 is 0. The van der Waals surface area contributed by atoms with Crippen LogP contribution in [-0.4, -0.2) is 19.2 Å². The van der Waals surface area contributed by atoms with Gasteiger partial charge in [0.2, 0.25) is 5.91 Å². The molecule has 0 bridgehead atoms. The molecule has 0 rings (SSSR count). The Balaban J connectivity index is 4.15. The highest BCUT2D eigenvalue weighted by atomic mass is 16.1. The highest BCUT2D eigenvalue weighted by Crippen LogP contribution is 1.87. The summed E-state index contributed by atoms with van der Waals surface area (Å²) in [6.07, 6.45) is 4.82. The minimum atomic E-state index is -0.111. The number of aliphatic imine (C=N–C) groups is 1. The second kappa shape index (κ2) is 5.41. The molecule has 0 saturated heterocycles. The second-order valence-electron chi connectivity index (χ2n) is 1.91. The standard InChI is InChI=1S/C8H12N2O/c1-4-8(5-6-9-3)10-7(2)11/h4-6H,1H2,2-3H3,(H,10,11). The normalized spacial score (nSPS) is 11.6. The van der Waals surface area contributed by atoms with Crippen molar-refractivity contribution in [2.24, 2.45) is 4.99 Å². The van der Waals surface area contributed by atoms with Gasteiger partial charge in [0.05, 0.1) is 0 Å². The quantitative estimate of drug-likeness (QED) is 0.473. The van der Waals surface area contributed by atoms with Crippen LogP contribution in [0.5, 0.6) is 0 Å². The van der Waals surface area contributed by atoms with Crippen molar-refractivity contribution in [2.45, 2.75) is 6.92 Å². The molecule has 60 valence electrons. The van der Waals surface area contributed by atoms with Gasteiger partial charge in [0, 0.05) is 25.9 Å². The van der Waals surface area contributed by atoms with E-state index in [1.807, 2.05) is 0 Å². The molecule has 11 heavy (non-hydrogen) atoms. The first-order valence-electron chi connectivity index (χ1n) is 3.23. The van der Waals surface area contributed by atoms with Crippen molar-refractivity contribution in [1.29, 1.82) is 0 Å². The van der Waals surface area contributed by atoms with Gasteiger partial charge in [0.15, 0.2) is 0 Å². The number of rotatable bonds is 3. The van der Waals surface area contributed by atoms with Gasteiger partial charge in [-0.25, -0.2) is 0 Å². The predicted molar refractivity (Wildman–Crippen MR) is 46.5 cm³/mol. The highest BCUT2D eigenvalue weighted by Gasteiger charge is 1.90. The Labute approximate surface area is 66.5 Å². The molecule has 0 aromatic rings. The zero-order valence-electron chi connectivity index (χ0n) is 6.79.